The second kappa shape index (κ2) is 18.9. The fourth-order valence-electron chi connectivity index (χ4n) is 6.31. The summed E-state index contributed by atoms with van der Waals surface area (Å²) in [6, 6.07) is 52.3. The first kappa shape index (κ1) is 38.7. The van der Waals surface area contributed by atoms with Crippen LogP contribution in [0.15, 0.2) is 158 Å². The highest BCUT2D eigenvalue weighted by Crippen LogP contribution is 2.25. The molecule has 296 valence electrons. The van der Waals surface area contributed by atoms with Crippen LogP contribution in [0.4, 0.5) is 58.4 Å². The van der Waals surface area contributed by atoms with E-state index in [1.165, 1.54) is 0 Å². The van der Waals surface area contributed by atoms with Gasteiger partial charge in [-0.2, -0.15) is 29.9 Å². The van der Waals surface area contributed by atoms with Crippen LogP contribution in [0.25, 0.3) is 12.2 Å². The van der Waals surface area contributed by atoms with Crippen molar-refractivity contribution in [3.05, 3.63) is 191 Å². The van der Waals surface area contributed by atoms with Gasteiger partial charge in [-0.25, -0.2) is 0 Å². The molecule has 2 aromatic heterocycles. The van der Waals surface area contributed by atoms with Gasteiger partial charge < -0.3 is 31.9 Å². The van der Waals surface area contributed by atoms with E-state index < -0.39 is 0 Å². The van der Waals surface area contributed by atoms with Gasteiger partial charge in [0.05, 0.1) is 0 Å². The van der Waals surface area contributed by atoms with Crippen molar-refractivity contribution < 1.29 is 0 Å². The molecule has 0 fully saturated rings. The van der Waals surface area contributed by atoms with Gasteiger partial charge in [-0.1, -0.05) is 121 Å². The number of anilines is 10. The minimum absolute atomic E-state index is 0.423. The SMILES string of the molecule is Cc1cc(Nc2nc(NCc3ccccc3)nc(Nc3ccccc3)n2)ccc1C=Cc1ccc(Nc2nc(NCc3ccccc3)nc(Nc3ccccc3)n2)cc1C. The molecule has 0 spiro atoms. The highest BCUT2D eigenvalue weighted by atomic mass is 15.3. The Morgan fingerprint density at radius 2 is 0.667 bits per heavy atom. The third kappa shape index (κ3) is 10.8. The molecule has 0 radical (unpaired) electrons. The molecule has 0 atom stereocenters. The minimum Gasteiger partial charge on any atom is -0.350 e. The summed E-state index contributed by atoms with van der Waals surface area (Å²) in [5.41, 5.74) is 10.1. The molecule has 0 saturated carbocycles. The van der Waals surface area contributed by atoms with Crippen LogP contribution in [0.2, 0.25) is 0 Å². The fourth-order valence-corrected chi connectivity index (χ4v) is 6.31. The Kier molecular flexibility index (Phi) is 12.2. The number of benzene rings is 6. The summed E-state index contributed by atoms with van der Waals surface area (Å²) in [4.78, 5) is 28.0. The van der Waals surface area contributed by atoms with Gasteiger partial charge in [0.1, 0.15) is 0 Å². The summed E-state index contributed by atoms with van der Waals surface area (Å²) in [5.74, 6) is 2.63. The van der Waals surface area contributed by atoms with Crippen LogP contribution in [0, 0.1) is 13.8 Å². The van der Waals surface area contributed by atoms with Crippen LogP contribution in [0.3, 0.4) is 0 Å². The van der Waals surface area contributed by atoms with E-state index in [9.17, 15) is 0 Å². The normalized spacial score (nSPS) is 10.9. The van der Waals surface area contributed by atoms with Gasteiger partial charge in [0, 0.05) is 35.8 Å². The van der Waals surface area contributed by atoms with Crippen molar-refractivity contribution in [3.63, 3.8) is 0 Å². The molecule has 0 bridgehead atoms. The Morgan fingerprint density at radius 3 is 1.02 bits per heavy atom. The number of nitrogens with zero attached hydrogens (tertiary/aromatic N) is 6. The van der Waals surface area contributed by atoms with E-state index in [1.807, 2.05) is 109 Å². The zero-order valence-corrected chi connectivity index (χ0v) is 33.3. The molecule has 12 nitrogen and oxygen atoms in total. The zero-order valence-electron chi connectivity index (χ0n) is 33.3. The molecule has 8 rings (SSSR count). The number of hydrogen-bond acceptors (Lipinski definition) is 12. The highest BCUT2D eigenvalue weighted by molar-refractivity contribution is 5.75. The lowest BCUT2D eigenvalue weighted by Crippen LogP contribution is -2.09. The van der Waals surface area contributed by atoms with E-state index in [0.29, 0.717) is 48.8 Å². The second-order valence-electron chi connectivity index (χ2n) is 14.0. The first-order valence-electron chi connectivity index (χ1n) is 19.6. The molecule has 0 amide bonds. The molecule has 12 heteroatoms. The molecule has 0 aliphatic rings. The first-order chi connectivity index (χ1) is 29.5. The summed E-state index contributed by atoms with van der Waals surface area (Å²) < 4.78 is 0. The number of hydrogen-bond donors (Lipinski definition) is 6. The van der Waals surface area contributed by atoms with Crippen molar-refractivity contribution in [2.24, 2.45) is 0 Å². The third-order valence-electron chi connectivity index (χ3n) is 9.41. The van der Waals surface area contributed by atoms with Crippen LogP contribution >= 0.6 is 0 Å². The monoisotopic (exact) mass is 788 g/mol. The van der Waals surface area contributed by atoms with Crippen molar-refractivity contribution in [1.82, 2.24) is 29.9 Å². The fraction of sp³-hybridized carbons (Fsp3) is 0.0833. The Balaban J connectivity index is 0.950. The molecule has 0 saturated heterocycles. The lowest BCUT2D eigenvalue weighted by atomic mass is 10.0. The van der Waals surface area contributed by atoms with Gasteiger partial charge in [0.25, 0.3) is 0 Å². The van der Waals surface area contributed by atoms with E-state index in [1.54, 1.807) is 0 Å². The molecular weight excluding hydrogens is 745 g/mol. The largest absolute Gasteiger partial charge is 0.350 e. The Morgan fingerprint density at radius 1 is 0.350 bits per heavy atom. The maximum absolute atomic E-state index is 4.68. The van der Waals surface area contributed by atoms with Crippen LogP contribution in [0.1, 0.15) is 33.4 Å². The molecule has 2 heterocycles. The van der Waals surface area contributed by atoms with E-state index in [2.05, 4.69) is 136 Å². The average Bonchev–Trinajstić information content (AvgIpc) is 3.26. The van der Waals surface area contributed by atoms with Gasteiger partial charge in [-0.05, 0) is 95.8 Å². The predicted octanol–water partition coefficient (Wildman–Crippen LogP) is 11.0. The summed E-state index contributed by atoms with van der Waals surface area (Å²) in [6.45, 7) is 5.34. The second-order valence-corrected chi connectivity index (χ2v) is 14.0. The summed E-state index contributed by atoms with van der Waals surface area (Å²) in [5, 5.41) is 20.0. The first-order valence-corrected chi connectivity index (χ1v) is 19.6. The number of nitrogens with one attached hydrogen (secondary N) is 6. The molecule has 0 unspecified atom stereocenters. The predicted molar refractivity (Wildman–Crippen MR) is 244 cm³/mol. The van der Waals surface area contributed by atoms with Crippen molar-refractivity contribution in [3.8, 4) is 0 Å². The quantitative estimate of drug-likeness (QED) is 0.0517. The Labute approximate surface area is 349 Å². The standard InChI is InChI=1S/C48H44N12/c1-33-29-41(53-47-57-43(49-31-35-15-7-3-8-16-35)55-45(59-47)51-39-19-11-5-12-20-39)27-25-37(33)23-24-38-26-28-42(30-34(38)2)54-48-58-44(50-32-36-17-9-4-10-18-36)56-46(60-48)52-40-21-13-6-14-22-40/h3-30H,31-32H2,1-2H3,(H3,49,51,53,55,57,59)(H3,50,52,54,56,58,60). The van der Waals surface area contributed by atoms with Crippen LogP contribution in [-0.4, -0.2) is 29.9 Å². The van der Waals surface area contributed by atoms with E-state index in [-0.39, 0.29) is 0 Å². The number of para-hydroxylation sites is 2. The van der Waals surface area contributed by atoms with Gasteiger partial charge in [0.15, 0.2) is 0 Å². The number of rotatable bonds is 16. The molecule has 8 aromatic rings. The highest BCUT2D eigenvalue weighted by Gasteiger charge is 2.11. The van der Waals surface area contributed by atoms with Crippen molar-refractivity contribution in [2.45, 2.75) is 26.9 Å². The number of aromatic nitrogens is 6. The van der Waals surface area contributed by atoms with E-state index in [0.717, 1.165) is 56.1 Å². The Hall–Kier alpha value is -8.12. The molecule has 6 N–H and O–H groups in total. The minimum atomic E-state index is 0.423. The van der Waals surface area contributed by atoms with Gasteiger partial charge >= 0.3 is 0 Å². The molecular formula is C48H44N12. The Bertz CT molecular complexity index is 2490. The van der Waals surface area contributed by atoms with Crippen LogP contribution in [-0.2, 0) is 13.1 Å². The molecule has 0 aliphatic heterocycles. The lowest BCUT2D eigenvalue weighted by molar-refractivity contribution is 1.01. The lowest BCUT2D eigenvalue weighted by Gasteiger charge is -2.13. The van der Waals surface area contributed by atoms with Crippen LogP contribution < -0.4 is 31.9 Å². The summed E-state index contributed by atoms with van der Waals surface area (Å²) in [7, 11) is 0. The maximum atomic E-state index is 4.68. The van der Waals surface area contributed by atoms with Gasteiger partial charge in [0.2, 0.25) is 35.7 Å². The van der Waals surface area contributed by atoms with Crippen molar-refractivity contribution in [2.75, 3.05) is 31.9 Å². The zero-order chi connectivity index (χ0) is 40.9. The van der Waals surface area contributed by atoms with Crippen molar-refractivity contribution in [1.29, 1.82) is 0 Å². The van der Waals surface area contributed by atoms with Gasteiger partial charge in [-0.3, -0.25) is 0 Å². The van der Waals surface area contributed by atoms with Crippen molar-refractivity contribution >= 4 is 70.6 Å². The number of aryl methyl sites for hydroxylation is 2. The van der Waals surface area contributed by atoms with Gasteiger partial charge in [-0.15, -0.1) is 0 Å². The van der Waals surface area contributed by atoms with E-state index in [4.69, 9.17) is 0 Å². The average molecular weight is 789 g/mol. The van der Waals surface area contributed by atoms with Crippen LogP contribution in [0.5, 0.6) is 0 Å². The topological polar surface area (TPSA) is 150 Å². The third-order valence-corrected chi connectivity index (χ3v) is 9.41. The molecule has 60 heavy (non-hydrogen) atoms. The van der Waals surface area contributed by atoms with E-state index >= 15 is 0 Å². The molecule has 6 aromatic carbocycles. The smallest absolute Gasteiger partial charge is 0.233 e. The maximum Gasteiger partial charge on any atom is 0.233 e. The molecule has 0 aliphatic carbocycles. The summed E-state index contributed by atoms with van der Waals surface area (Å²) >= 11 is 0. The summed E-state index contributed by atoms with van der Waals surface area (Å²) in [6.07, 6.45) is 4.26.